The summed E-state index contributed by atoms with van der Waals surface area (Å²) in [6, 6.07) is 8.98. The van der Waals surface area contributed by atoms with E-state index in [-0.39, 0.29) is 5.76 Å². The lowest BCUT2D eigenvalue weighted by Gasteiger charge is -2.26. The van der Waals surface area contributed by atoms with Crippen molar-refractivity contribution in [3.63, 3.8) is 0 Å². The third-order valence-corrected chi connectivity index (χ3v) is 4.56. The summed E-state index contributed by atoms with van der Waals surface area (Å²) in [6.45, 7) is 0. The van der Waals surface area contributed by atoms with E-state index in [2.05, 4.69) is 10.1 Å². The van der Waals surface area contributed by atoms with Crippen LogP contribution in [0.4, 0.5) is 13.2 Å². The number of hydrogen-bond donors (Lipinski definition) is 1. The second-order valence-corrected chi connectivity index (χ2v) is 6.52. The Bertz CT molecular complexity index is 884. The first kappa shape index (κ1) is 17.4. The van der Waals surface area contributed by atoms with Crippen LogP contribution in [-0.2, 0) is 5.60 Å². The van der Waals surface area contributed by atoms with Crippen molar-refractivity contribution in [2.75, 3.05) is 14.1 Å². The largest absolute Gasteiger partial charge is 0.456 e. The van der Waals surface area contributed by atoms with Gasteiger partial charge in [-0.05, 0) is 24.3 Å². The van der Waals surface area contributed by atoms with Gasteiger partial charge in [0, 0.05) is 14.1 Å². The second kappa shape index (κ2) is 6.16. The van der Waals surface area contributed by atoms with E-state index in [4.69, 9.17) is 4.42 Å². The topological polar surface area (TPSA) is 61.9 Å². The number of rotatable bonds is 4. The molecule has 0 saturated carbocycles. The standard InChI is InChI=1S/C16H14F3N3O2S/c1-22(2)20-9-10-7-8-13(24-10)15(23,16(17,18)19)14-21-11-5-3-4-6-12(11)25-14/h3-9,23H,1-2H3/b20-9-. The van der Waals surface area contributed by atoms with Crippen molar-refractivity contribution in [2.45, 2.75) is 11.8 Å². The maximum Gasteiger partial charge on any atom is 0.431 e. The minimum absolute atomic E-state index is 0.0903. The number of benzene rings is 1. The van der Waals surface area contributed by atoms with E-state index in [9.17, 15) is 18.3 Å². The fourth-order valence-electron chi connectivity index (χ4n) is 2.18. The molecule has 0 aliphatic carbocycles. The number of aliphatic hydroxyl groups is 1. The van der Waals surface area contributed by atoms with Crippen molar-refractivity contribution >= 4 is 27.8 Å². The molecule has 0 radical (unpaired) electrons. The quantitative estimate of drug-likeness (QED) is 0.564. The molecule has 132 valence electrons. The fourth-order valence-corrected chi connectivity index (χ4v) is 3.26. The molecule has 0 aliphatic heterocycles. The number of halogens is 3. The summed E-state index contributed by atoms with van der Waals surface area (Å²) in [5.74, 6) is -0.563. The zero-order valence-electron chi connectivity index (χ0n) is 13.3. The van der Waals surface area contributed by atoms with E-state index in [1.807, 2.05) is 0 Å². The predicted octanol–water partition coefficient (Wildman–Crippen LogP) is 3.58. The highest BCUT2D eigenvalue weighted by atomic mass is 32.1. The van der Waals surface area contributed by atoms with Crippen LogP contribution < -0.4 is 0 Å². The smallest absolute Gasteiger partial charge is 0.431 e. The minimum Gasteiger partial charge on any atom is -0.456 e. The minimum atomic E-state index is -5.01. The van der Waals surface area contributed by atoms with Crippen molar-refractivity contribution < 1.29 is 22.7 Å². The normalized spacial score (nSPS) is 15.0. The molecule has 9 heteroatoms. The van der Waals surface area contributed by atoms with Crippen LogP contribution in [0, 0.1) is 0 Å². The van der Waals surface area contributed by atoms with Crippen LogP contribution in [0.25, 0.3) is 10.2 Å². The Balaban J connectivity index is 2.11. The zero-order chi connectivity index (χ0) is 18.2. The number of furan rings is 1. The highest BCUT2D eigenvalue weighted by Gasteiger charge is 2.60. The van der Waals surface area contributed by atoms with Gasteiger partial charge in [0.1, 0.15) is 10.8 Å². The fraction of sp³-hybridized carbons (Fsp3) is 0.250. The van der Waals surface area contributed by atoms with E-state index in [0.29, 0.717) is 10.2 Å². The first-order valence-electron chi connectivity index (χ1n) is 7.18. The molecule has 0 spiro atoms. The van der Waals surface area contributed by atoms with Crippen molar-refractivity contribution in [3.05, 3.63) is 52.9 Å². The number of hydrazone groups is 1. The predicted molar refractivity (Wildman–Crippen MR) is 88.7 cm³/mol. The average molecular weight is 369 g/mol. The van der Waals surface area contributed by atoms with Gasteiger partial charge in [-0.1, -0.05) is 12.1 Å². The van der Waals surface area contributed by atoms with Gasteiger partial charge < -0.3 is 14.5 Å². The molecule has 0 amide bonds. The summed E-state index contributed by atoms with van der Waals surface area (Å²) in [5.41, 5.74) is -2.95. The van der Waals surface area contributed by atoms with Crippen LogP contribution in [0.3, 0.4) is 0 Å². The van der Waals surface area contributed by atoms with Gasteiger partial charge >= 0.3 is 6.18 Å². The lowest BCUT2D eigenvalue weighted by Crippen LogP contribution is -2.43. The van der Waals surface area contributed by atoms with Gasteiger partial charge in [-0.25, -0.2) is 4.98 Å². The van der Waals surface area contributed by atoms with Gasteiger partial charge in [0.05, 0.1) is 16.4 Å². The van der Waals surface area contributed by atoms with Crippen LogP contribution in [0.5, 0.6) is 0 Å². The molecule has 25 heavy (non-hydrogen) atoms. The van der Waals surface area contributed by atoms with E-state index >= 15 is 0 Å². The summed E-state index contributed by atoms with van der Waals surface area (Å²) in [5, 5.41) is 15.4. The van der Waals surface area contributed by atoms with Gasteiger partial charge in [0.15, 0.2) is 5.76 Å². The van der Waals surface area contributed by atoms with E-state index < -0.39 is 22.5 Å². The Hall–Kier alpha value is -2.39. The van der Waals surface area contributed by atoms with Crippen LogP contribution in [-0.4, -0.2) is 41.6 Å². The van der Waals surface area contributed by atoms with Crippen LogP contribution in [0.1, 0.15) is 16.5 Å². The molecule has 5 nitrogen and oxygen atoms in total. The number of hydrogen-bond acceptors (Lipinski definition) is 6. The molecule has 1 atom stereocenters. The van der Waals surface area contributed by atoms with E-state index in [0.717, 1.165) is 17.4 Å². The van der Waals surface area contributed by atoms with E-state index in [1.165, 1.54) is 17.3 Å². The van der Waals surface area contributed by atoms with Crippen molar-refractivity contribution in [1.29, 1.82) is 0 Å². The number of alkyl halides is 3. The SMILES string of the molecule is CN(C)/N=C\c1ccc(C(O)(c2nc3ccccc3s2)C(F)(F)F)o1. The number of fused-ring (bicyclic) bond motifs is 1. The summed E-state index contributed by atoms with van der Waals surface area (Å²) in [7, 11) is 3.32. The molecular weight excluding hydrogens is 355 g/mol. The van der Waals surface area contributed by atoms with Gasteiger partial charge in [-0.2, -0.15) is 18.3 Å². The van der Waals surface area contributed by atoms with Crippen LogP contribution in [0.15, 0.2) is 45.9 Å². The third-order valence-electron chi connectivity index (χ3n) is 3.41. The molecule has 2 aromatic heterocycles. The first-order valence-corrected chi connectivity index (χ1v) is 8.00. The summed E-state index contributed by atoms with van der Waals surface area (Å²) in [6.07, 6.45) is -3.74. The van der Waals surface area contributed by atoms with Crippen molar-refractivity contribution in [2.24, 2.45) is 5.10 Å². The zero-order valence-corrected chi connectivity index (χ0v) is 14.1. The summed E-state index contributed by atoms with van der Waals surface area (Å²) < 4.78 is 47.0. The maximum absolute atomic E-state index is 13.7. The lowest BCUT2D eigenvalue weighted by molar-refractivity contribution is -0.254. The Kier molecular flexibility index (Phi) is 4.29. The monoisotopic (exact) mass is 369 g/mol. The first-order chi connectivity index (χ1) is 11.7. The molecule has 3 aromatic rings. The van der Waals surface area contributed by atoms with Gasteiger partial charge in [0.25, 0.3) is 5.60 Å². The Morgan fingerprint density at radius 1 is 1.20 bits per heavy atom. The lowest BCUT2D eigenvalue weighted by atomic mass is 10.0. The number of aromatic nitrogens is 1. The molecule has 2 heterocycles. The summed E-state index contributed by atoms with van der Waals surface area (Å²) >= 11 is 0.770. The van der Waals surface area contributed by atoms with Crippen molar-refractivity contribution in [1.82, 2.24) is 9.99 Å². The van der Waals surface area contributed by atoms with Crippen LogP contribution in [0.2, 0.25) is 0 Å². The van der Waals surface area contributed by atoms with E-state index in [1.54, 1.807) is 38.4 Å². The highest BCUT2D eigenvalue weighted by molar-refractivity contribution is 7.18. The van der Waals surface area contributed by atoms with Gasteiger partial charge in [-0.15, -0.1) is 11.3 Å². The molecule has 0 aliphatic rings. The molecule has 0 fully saturated rings. The Morgan fingerprint density at radius 3 is 2.56 bits per heavy atom. The second-order valence-electron chi connectivity index (χ2n) is 5.49. The molecule has 0 saturated heterocycles. The third kappa shape index (κ3) is 3.12. The van der Waals surface area contributed by atoms with Crippen molar-refractivity contribution in [3.8, 4) is 0 Å². The Labute approximate surface area is 145 Å². The number of para-hydroxylation sites is 1. The molecule has 1 aromatic carbocycles. The highest BCUT2D eigenvalue weighted by Crippen LogP contribution is 2.46. The molecular formula is C16H14F3N3O2S. The number of nitrogens with zero attached hydrogens (tertiary/aromatic N) is 3. The van der Waals surface area contributed by atoms with Crippen LogP contribution >= 0.6 is 11.3 Å². The van der Waals surface area contributed by atoms with Gasteiger partial charge in [0.2, 0.25) is 0 Å². The molecule has 1 N–H and O–H groups in total. The molecule has 0 bridgehead atoms. The molecule has 3 rings (SSSR count). The Morgan fingerprint density at radius 2 is 1.92 bits per heavy atom. The number of thiazole rings is 1. The summed E-state index contributed by atoms with van der Waals surface area (Å²) in [4.78, 5) is 3.96. The average Bonchev–Trinajstić information content (AvgIpc) is 3.18. The van der Waals surface area contributed by atoms with Gasteiger partial charge in [-0.3, -0.25) is 0 Å². The molecule has 1 unspecified atom stereocenters. The maximum atomic E-state index is 13.7.